The molecule has 1 aromatic carbocycles. The average Bonchev–Trinajstić information content (AvgIpc) is 2.77. The van der Waals surface area contributed by atoms with Crippen molar-refractivity contribution in [1.82, 2.24) is 10.6 Å². The first-order valence-corrected chi connectivity index (χ1v) is 9.83. The lowest BCUT2D eigenvalue weighted by atomic mass is 10.2. The van der Waals surface area contributed by atoms with E-state index in [4.69, 9.17) is 9.47 Å². The van der Waals surface area contributed by atoms with Crippen LogP contribution in [0.25, 0.3) is 0 Å². The molecule has 0 spiro atoms. The zero-order chi connectivity index (χ0) is 23.9. The third kappa shape index (κ3) is 8.81. The number of carbonyl (C=O) groups is 2. The van der Waals surface area contributed by atoms with E-state index in [1.54, 1.807) is 0 Å². The number of nitrogens with zero attached hydrogens (tertiary/aromatic N) is 2. The lowest BCUT2D eigenvalue weighted by molar-refractivity contribution is -0.396. The summed E-state index contributed by atoms with van der Waals surface area (Å²) in [5.74, 6) is -1.26. The zero-order valence-electron chi connectivity index (χ0n) is 17.5. The van der Waals surface area contributed by atoms with Crippen LogP contribution in [0.4, 0.5) is 11.4 Å². The van der Waals surface area contributed by atoms with E-state index in [9.17, 15) is 29.8 Å². The molecule has 0 saturated heterocycles. The summed E-state index contributed by atoms with van der Waals surface area (Å²) in [4.78, 5) is 43.5. The van der Waals surface area contributed by atoms with Gasteiger partial charge in [0.05, 0.1) is 23.1 Å². The first-order valence-electron chi connectivity index (χ1n) is 9.83. The molecule has 32 heavy (non-hydrogen) atoms. The number of benzene rings is 1. The second kappa shape index (κ2) is 14.1. The van der Waals surface area contributed by atoms with Gasteiger partial charge >= 0.3 is 11.4 Å². The number of ether oxygens (including phenoxy) is 2. The molecule has 2 amide bonds. The number of amides is 2. The average molecular weight is 450 g/mol. The van der Waals surface area contributed by atoms with E-state index in [1.807, 2.05) is 0 Å². The molecule has 0 aliphatic heterocycles. The van der Waals surface area contributed by atoms with E-state index in [1.165, 1.54) is 0 Å². The molecule has 12 heteroatoms. The van der Waals surface area contributed by atoms with Crippen LogP contribution in [-0.2, 0) is 9.59 Å². The molecular formula is C20H26N4O8. The van der Waals surface area contributed by atoms with Crippen molar-refractivity contribution in [3.05, 3.63) is 57.7 Å². The molecule has 0 heterocycles. The van der Waals surface area contributed by atoms with E-state index in [-0.39, 0.29) is 30.8 Å². The Kier molecular flexibility index (Phi) is 11.5. The number of rotatable bonds is 16. The fourth-order valence-electron chi connectivity index (χ4n) is 2.50. The Morgan fingerprint density at radius 2 is 1.41 bits per heavy atom. The minimum atomic E-state index is -0.785. The fraction of sp³-hybridized carbons (Fsp3) is 0.400. The Balaban J connectivity index is 2.77. The van der Waals surface area contributed by atoms with Gasteiger partial charge in [-0.15, -0.1) is 0 Å². The van der Waals surface area contributed by atoms with E-state index in [0.29, 0.717) is 38.8 Å². The molecule has 0 saturated carbocycles. The van der Waals surface area contributed by atoms with Crippen molar-refractivity contribution in [3.8, 4) is 11.5 Å². The monoisotopic (exact) mass is 450 g/mol. The molecule has 1 aromatic rings. The highest BCUT2D eigenvalue weighted by Crippen LogP contribution is 2.43. The van der Waals surface area contributed by atoms with Gasteiger partial charge in [-0.3, -0.25) is 29.8 Å². The minimum absolute atomic E-state index is 0.0297. The van der Waals surface area contributed by atoms with Gasteiger partial charge in [0.1, 0.15) is 0 Å². The van der Waals surface area contributed by atoms with Crippen molar-refractivity contribution in [3.63, 3.8) is 0 Å². The molecule has 1 rings (SSSR count). The maximum atomic E-state index is 11.6. The van der Waals surface area contributed by atoms with Crippen LogP contribution in [0.3, 0.4) is 0 Å². The number of hydrogen-bond donors (Lipinski definition) is 2. The van der Waals surface area contributed by atoms with Crippen LogP contribution >= 0.6 is 0 Å². The first kappa shape index (κ1) is 26.1. The van der Waals surface area contributed by atoms with Crippen molar-refractivity contribution < 1.29 is 28.9 Å². The van der Waals surface area contributed by atoms with Crippen LogP contribution in [0.5, 0.6) is 11.5 Å². The number of hydrogen-bond acceptors (Lipinski definition) is 8. The first-order chi connectivity index (χ1) is 15.3. The molecule has 0 atom stereocenters. The van der Waals surface area contributed by atoms with Crippen LogP contribution in [0, 0.1) is 20.2 Å². The van der Waals surface area contributed by atoms with Gasteiger partial charge in [0.25, 0.3) is 5.75 Å². The molecule has 0 aromatic heterocycles. The van der Waals surface area contributed by atoms with Crippen molar-refractivity contribution in [2.24, 2.45) is 0 Å². The molecule has 0 unspecified atom stereocenters. The quantitative estimate of drug-likeness (QED) is 0.168. The SMILES string of the molecule is C=CC(=O)NCCCCOc1ccc([N+](=O)[O-])c(OCCCCNC(=O)C=C)c1[N+](=O)[O-]. The fourth-order valence-corrected chi connectivity index (χ4v) is 2.50. The standard InChI is InChI=1S/C20H26N4O8/c1-3-17(25)21-11-5-7-13-31-16-10-9-15(23(27)28)20(19(16)24(29)30)32-14-8-6-12-22-18(26)4-2/h3-4,9-10H,1-2,5-8,11-14H2,(H,21,25)(H,22,26). The molecule has 12 nitrogen and oxygen atoms in total. The van der Waals surface area contributed by atoms with Crippen molar-refractivity contribution in [2.45, 2.75) is 25.7 Å². The molecule has 174 valence electrons. The predicted octanol–water partition coefficient (Wildman–Crippen LogP) is 2.43. The summed E-state index contributed by atoms with van der Waals surface area (Å²) in [7, 11) is 0. The van der Waals surface area contributed by atoms with Gasteiger partial charge in [0.2, 0.25) is 17.6 Å². The Hall–Kier alpha value is -3.96. The van der Waals surface area contributed by atoms with Crippen LogP contribution in [-0.4, -0.2) is 48.0 Å². The number of carbonyl (C=O) groups excluding carboxylic acids is 2. The third-order valence-corrected chi connectivity index (χ3v) is 4.07. The maximum absolute atomic E-state index is 11.6. The molecule has 0 fully saturated rings. The molecule has 2 N–H and O–H groups in total. The number of unbranched alkanes of at least 4 members (excludes halogenated alkanes) is 2. The molecule has 0 bridgehead atoms. The van der Waals surface area contributed by atoms with E-state index < -0.39 is 27.0 Å². The van der Waals surface area contributed by atoms with Gasteiger partial charge in [-0.1, -0.05) is 13.2 Å². The minimum Gasteiger partial charge on any atom is -0.487 e. The molecule has 0 aliphatic carbocycles. The number of nitro benzene ring substituents is 2. The van der Waals surface area contributed by atoms with Gasteiger partial charge in [-0.05, 0) is 43.9 Å². The summed E-state index contributed by atoms with van der Waals surface area (Å²) < 4.78 is 10.9. The Morgan fingerprint density at radius 1 is 0.875 bits per heavy atom. The van der Waals surface area contributed by atoms with Crippen LogP contribution in [0.2, 0.25) is 0 Å². The summed E-state index contributed by atoms with van der Waals surface area (Å²) in [5.41, 5.74) is -1.17. The van der Waals surface area contributed by atoms with Crippen molar-refractivity contribution >= 4 is 23.2 Å². The van der Waals surface area contributed by atoms with Gasteiger partial charge in [-0.2, -0.15) is 0 Å². The topological polar surface area (TPSA) is 163 Å². The summed E-state index contributed by atoms with van der Waals surface area (Å²) in [6, 6.07) is 2.25. The van der Waals surface area contributed by atoms with E-state index >= 15 is 0 Å². The highest BCUT2D eigenvalue weighted by molar-refractivity contribution is 5.87. The van der Waals surface area contributed by atoms with Crippen molar-refractivity contribution in [2.75, 3.05) is 26.3 Å². The third-order valence-electron chi connectivity index (χ3n) is 4.07. The second-order valence-electron chi connectivity index (χ2n) is 6.38. The molecule has 0 aliphatic rings. The van der Waals surface area contributed by atoms with Gasteiger partial charge < -0.3 is 20.1 Å². The van der Waals surface area contributed by atoms with Gasteiger partial charge in [-0.25, -0.2) is 0 Å². The largest absolute Gasteiger partial charge is 0.487 e. The Morgan fingerprint density at radius 3 is 1.88 bits per heavy atom. The molecule has 0 radical (unpaired) electrons. The van der Waals surface area contributed by atoms with Crippen LogP contribution < -0.4 is 20.1 Å². The second-order valence-corrected chi connectivity index (χ2v) is 6.38. The van der Waals surface area contributed by atoms with Crippen LogP contribution in [0.15, 0.2) is 37.4 Å². The summed E-state index contributed by atoms with van der Waals surface area (Å²) >= 11 is 0. The van der Waals surface area contributed by atoms with Crippen molar-refractivity contribution in [1.29, 1.82) is 0 Å². The zero-order valence-corrected chi connectivity index (χ0v) is 17.5. The predicted molar refractivity (Wildman–Crippen MR) is 116 cm³/mol. The Bertz CT molecular complexity index is 856. The highest BCUT2D eigenvalue weighted by Gasteiger charge is 2.32. The normalized spacial score (nSPS) is 10.0. The summed E-state index contributed by atoms with van der Waals surface area (Å²) in [6.07, 6.45) is 4.22. The van der Waals surface area contributed by atoms with Crippen LogP contribution in [0.1, 0.15) is 25.7 Å². The highest BCUT2D eigenvalue weighted by atomic mass is 16.6. The Labute approximate surface area is 184 Å². The van der Waals surface area contributed by atoms with E-state index in [0.717, 1.165) is 24.3 Å². The lowest BCUT2D eigenvalue weighted by Gasteiger charge is -2.11. The van der Waals surface area contributed by atoms with Gasteiger partial charge in [0, 0.05) is 19.2 Å². The smallest absolute Gasteiger partial charge is 0.359 e. The summed E-state index contributed by atoms with van der Waals surface area (Å²) in [6.45, 7) is 7.46. The maximum Gasteiger partial charge on any atom is 0.359 e. The lowest BCUT2D eigenvalue weighted by Crippen LogP contribution is -2.22. The number of nitro groups is 2. The van der Waals surface area contributed by atoms with E-state index in [2.05, 4.69) is 23.8 Å². The molecular weight excluding hydrogens is 424 g/mol. The number of nitrogens with one attached hydrogen (secondary N) is 2. The van der Waals surface area contributed by atoms with Gasteiger partial charge in [0.15, 0.2) is 0 Å². The summed E-state index contributed by atoms with van der Waals surface area (Å²) in [5, 5.41) is 28.1.